The fraction of sp³-hybridized carbons (Fsp3) is 0.360. The Bertz CT molecular complexity index is 1420. The van der Waals surface area contributed by atoms with Crippen LogP contribution < -0.4 is 10.5 Å². The number of hydrogen-bond donors (Lipinski definition) is 1. The van der Waals surface area contributed by atoms with Gasteiger partial charge in [-0.3, -0.25) is 4.79 Å². The molecule has 2 N–H and O–H groups in total. The van der Waals surface area contributed by atoms with Crippen LogP contribution in [-0.2, 0) is 13.6 Å². The number of fused-ring (bicyclic) bond motifs is 2. The molecule has 0 radical (unpaired) electrons. The molecule has 0 spiro atoms. The minimum absolute atomic E-state index is 0.0894. The SMILES string of the molecule is CCn1c(-c2nc3cc(C(=O)N4CCCC(N)C4)cc(OC(F)(F)F)c3n2C)cc2ccccc21. The Kier molecular flexibility index (Phi) is 5.71. The van der Waals surface area contributed by atoms with Gasteiger partial charge in [0, 0.05) is 49.2 Å². The Balaban J connectivity index is 1.68. The molecule has 1 atom stereocenters. The number of piperidine rings is 1. The van der Waals surface area contributed by atoms with Gasteiger partial charge in [-0.25, -0.2) is 4.98 Å². The quantitative estimate of drug-likeness (QED) is 0.456. The molecule has 5 rings (SSSR count). The van der Waals surface area contributed by atoms with Gasteiger partial charge in [0.15, 0.2) is 11.6 Å². The molecule has 1 fully saturated rings. The van der Waals surface area contributed by atoms with Crippen molar-refractivity contribution in [3.05, 3.63) is 48.0 Å². The molecule has 4 aromatic rings. The summed E-state index contributed by atoms with van der Waals surface area (Å²) in [6.07, 6.45) is -3.37. The Hall–Kier alpha value is -3.53. The molecule has 0 bridgehead atoms. The van der Waals surface area contributed by atoms with Crippen LogP contribution in [0.25, 0.3) is 33.5 Å². The Labute approximate surface area is 199 Å². The van der Waals surface area contributed by atoms with E-state index in [9.17, 15) is 18.0 Å². The van der Waals surface area contributed by atoms with Crippen LogP contribution in [0, 0.1) is 0 Å². The zero-order valence-corrected chi connectivity index (χ0v) is 19.5. The van der Waals surface area contributed by atoms with Crippen molar-refractivity contribution in [2.24, 2.45) is 12.8 Å². The zero-order chi connectivity index (χ0) is 24.9. The van der Waals surface area contributed by atoms with Gasteiger partial charge in [-0.05, 0) is 44.0 Å². The van der Waals surface area contributed by atoms with Crippen LogP contribution in [0.4, 0.5) is 13.2 Å². The van der Waals surface area contributed by atoms with Gasteiger partial charge >= 0.3 is 6.36 Å². The molecule has 1 unspecified atom stereocenters. The number of nitrogens with two attached hydrogens (primary N) is 1. The lowest BCUT2D eigenvalue weighted by atomic mass is 10.0. The minimum atomic E-state index is -4.93. The van der Waals surface area contributed by atoms with Crippen molar-refractivity contribution < 1.29 is 22.7 Å². The predicted octanol–water partition coefficient (Wildman–Crippen LogP) is 4.68. The number of hydrogen-bond acceptors (Lipinski definition) is 4. The van der Waals surface area contributed by atoms with Gasteiger partial charge < -0.3 is 24.5 Å². The average Bonchev–Trinajstić information content (AvgIpc) is 3.34. The fourth-order valence-electron chi connectivity index (χ4n) is 4.98. The molecule has 7 nitrogen and oxygen atoms in total. The summed E-state index contributed by atoms with van der Waals surface area (Å²) in [6, 6.07) is 12.3. The first-order valence-corrected chi connectivity index (χ1v) is 11.6. The van der Waals surface area contributed by atoms with Gasteiger partial charge in [-0.15, -0.1) is 13.2 Å². The lowest BCUT2D eigenvalue weighted by Gasteiger charge is -2.31. The maximum absolute atomic E-state index is 13.4. The van der Waals surface area contributed by atoms with Crippen molar-refractivity contribution in [1.29, 1.82) is 0 Å². The first-order valence-electron chi connectivity index (χ1n) is 11.6. The lowest BCUT2D eigenvalue weighted by Crippen LogP contribution is -2.45. The number of likely N-dealkylation sites (tertiary alicyclic amines) is 1. The summed E-state index contributed by atoms with van der Waals surface area (Å²) in [7, 11) is 1.65. The van der Waals surface area contributed by atoms with Crippen molar-refractivity contribution in [2.75, 3.05) is 13.1 Å². The summed E-state index contributed by atoms with van der Waals surface area (Å²) in [6.45, 7) is 3.51. The number of carbonyl (C=O) groups is 1. The predicted molar refractivity (Wildman–Crippen MR) is 127 cm³/mol. The van der Waals surface area contributed by atoms with Crippen molar-refractivity contribution in [3.63, 3.8) is 0 Å². The number of amides is 1. The van der Waals surface area contributed by atoms with Gasteiger partial charge in [-0.1, -0.05) is 18.2 Å². The smallest absolute Gasteiger partial charge is 0.403 e. The number of para-hydroxylation sites is 1. The van der Waals surface area contributed by atoms with E-state index in [4.69, 9.17) is 5.73 Å². The van der Waals surface area contributed by atoms with E-state index >= 15 is 0 Å². The van der Waals surface area contributed by atoms with Crippen LogP contribution in [0.1, 0.15) is 30.1 Å². The lowest BCUT2D eigenvalue weighted by molar-refractivity contribution is -0.274. The van der Waals surface area contributed by atoms with Crippen molar-refractivity contribution in [3.8, 4) is 17.3 Å². The van der Waals surface area contributed by atoms with Crippen LogP contribution in [0.5, 0.6) is 5.75 Å². The molecule has 2 aromatic carbocycles. The second kappa shape index (κ2) is 8.60. The van der Waals surface area contributed by atoms with Gasteiger partial charge in [0.2, 0.25) is 0 Å². The third kappa shape index (κ3) is 4.22. The number of rotatable bonds is 4. The van der Waals surface area contributed by atoms with Crippen molar-refractivity contribution >= 4 is 27.8 Å². The highest BCUT2D eigenvalue weighted by Gasteiger charge is 2.34. The van der Waals surface area contributed by atoms with E-state index in [-0.39, 0.29) is 28.5 Å². The van der Waals surface area contributed by atoms with Gasteiger partial charge in [0.25, 0.3) is 5.91 Å². The standard InChI is InChI=1S/C25H26F3N5O2/c1-3-33-19-9-5-4-7-15(19)12-20(33)23-30-18-11-16(24(34)32-10-6-8-17(29)14-32)13-21(22(18)31(23)2)35-25(26,27)28/h4-5,7,9,11-13,17H,3,6,8,10,14,29H2,1-2H3. The molecule has 0 aliphatic carbocycles. The molecule has 2 aromatic heterocycles. The summed E-state index contributed by atoms with van der Waals surface area (Å²) in [4.78, 5) is 19.4. The zero-order valence-electron chi connectivity index (χ0n) is 19.5. The molecular weight excluding hydrogens is 459 g/mol. The molecule has 10 heteroatoms. The van der Waals surface area contributed by atoms with Crippen LogP contribution in [-0.4, -0.2) is 50.4 Å². The van der Waals surface area contributed by atoms with Crippen LogP contribution in [0.15, 0.2) is 42.5 Å². The molecule has 35 heavy (non-hydrogen) atoms. The van der Waals surface area contributed by atoms with Crippen molar-refractivity contribution in [1.82, 2.24) is 19.0 Å². The molecule has 1 saturated heterocycles. The average molecular weight is 486 g/mol. The van der Waals surface area contributed by atoms with E-state index in [1.54, 1.807) is 16.5 Å². The van der Waals surface area contributed by atoms with E-state index in [0.29, 0.717) is 25.5 Å². The van der Waals surface area contributed by atoms with Gasteiger partial charge in [-0.2, -0.15) is 0 Å². The Morgan fingerprint density at radius 3 is 2.71 bits per heavy atom. The van der Waals surface area contributed by atoms with Crippen LogP contribution >= 0.6 is 0 Å². The maximum Gasteiger partial charge on any atom is 0.573 e. The first-order chi connectivity index (χ1) is 16.7. The monoisotopic (exact) mass is 485 g/mol. The fourth-order valence-corrected chi connectivity index (χ4v) is 4.98. The summed E-state index contributed by atoms with van der Waals surface area (Å²) < 4.78 is 48.1. The third-order valence-electron chi connectivity index (χ3n) is 6.51. The van der Waals surface area contributed by atoms with E-state index in [2.05, 4.69) is 14.3 Å². The number of imidazole rings is 1. The van der Waals surface area contributed by atoms with Crippen LogP contribution in [0.3, 0.4) is 0 Å². The highest BCUT2D eigenvalue weighted by atomic mass is 19.4. The molecule has 3 heterocycles. The number of ether oxygens (including phenoxy) is 1. The third-order valence-corrected chi connectivity index (χ3v) is 6.51. The summed E-state index contributed by atoms with van der Waals surface area (Å²) in [5, 5.41) is 1.00. The van der Waals surface area contributed by atoms with E-state index in [0.717, 1.165) is 35.5 Å². The second-order valence-corrected chi connectivity index (χ2v) is 8.87. The highest BCUT2D eigenvalue weighted by molar-refractivity contribution is 6.00. The largest absolute Gasteiger partial charge is 0.573 e. The molecule has 1 aliphatic heterocycles. The molecule has 1 aliphatic rings. The van der Waals surface area contributed by atoms with E-state index in [1.807, 2.05) is 37.3 Å². The molecule has 0 saturated carbocycles. The van der Waals surface area contributed by atoms with Crippen LogP contribution in [0.2, 0.25) is 0 Å². The molecule has 1 amide bonds. The number of nitrogens with zero attached hydrogens (tertiary/aromatic N) is 4. The summed E-state index contributed by atoms with van der Waals surface area (Å²) in [5.74, 6) is -0.362. The van der Waals surface area contributed by atoms with E-state index < -0.39 is 12.1 Å². The molecular formula is C25H26F3N5O2. The Morgan fingerprint density at radius 1 is 1.23 bits per heavy atom. The number of benzene rings is 2. The number of halogens is 3. The normalized spacial score (nSPS) is 16.9. The number of carbonyl (C=O) groups excluding carboxylic acids is 1. The highest BCUT2D eigenvalue weighted by Crippen LogP contribution is 2.36. The molecule has 184 valence electrons. The van der Waals surface area contributed by atoms with E-state index in [1.165, 1.54) is 6.07 Å². The Morgan fingerprint density at radius 2 is 2.00 bits per heavy atom. The number of aryl methyl sites for hydroxylation is 2. The van der Waals surface area contributed by atoms with Crippen molar-refractivity contribution in [2.45, 2.75) is 38.7 Å². The maximum atomic E-state index is 13.4. The topological polar surface area (TPSA) is 78.3 Å². The van der Waals surface area contributed by atoms with Gasteiger partial charge in [0.05, 0.1) is 11.2 Å². The summed E-state index contributed by atoms with van der Waals surface area (Å²) in [5.41, 5.74) is 8.28. The number of aromatic nitrogens is 3. The minimum Gasteiger partial charge on any atom is -0.403 e. The first kappa shape index (κ1) is 23.2. The number of alkyl halides is 3. The summed E-state index contributed by atoms with van der Waals surface area (Å²) >= 11 is 0. The second-order valence-electron chi connectivity index (χ2n) is 8.87. The van der Waals surface area contributed by atoms with Gasteiger partial charge in [0.1, 0.15) is 5.52 Å².